The lowest BCUT2D eigenvalue weighted by Gasteiger charge is -2.20. The molecule has 2 aromatic carbocycles. The predicted octanol–water partition coefficient (Wildman–Crippen LogP) is 2.61. The largest absolute Gasteiger partial charge is 0.383 e. The number of benzene rings is 2. The molecular weight excluding hydrogens is 284 g/mol. The van der Waals surface area contributed by atoms with Gasteiger partial charge in [-0.1, -0.05) is 35.9 Å². The number of hydrogen-bond donors (Lipinski definition) is 1. The molecule has 1 N–H and O–H groups in total. The maximum Gasteiger partial charge on any atom is 0.243 e. The maximum absolute atomic E-state index is 12.8. The minimum Gasteiger partial charge on any atom is -0.383 e. The van der Waals surface area contributed by atoms with Crippen molar-refractivity contribution in [2.45, 2.75) is 18.4 Å². The lowest BCUT2D eigenvalue weighted by Crippen LogP contribution is -2.32. The number of hydrogen-bond acceptors (Lipinski definition) is 3. The first-order chi connectivity index (χ1) is 10.1. The van der Waals surface area contributed by atoms with Crippen LogP contribution in [0.5, 0.6) is 0 Å². The van der Waals surface area contributed by atoms with Crippen LogP contribution in [0.3, 0.4) is 0 Å². The molecule has 0 spiro atoms. The number of aryl methyl sites for hydroxylation is 1. The van der Waals surface area contributed by atoms with Crippen LogP contribution in [0.15, 0.2) is 53.4 Å². The molecule has 0 bridgehead atoms. The number of anilines is 1. The molecule has 0 amide bonds. The third-order valence-corrected chi connectivity index (χ3v) is 5.56. The average molecular weight is 302 g/mol. The first kappa shape index (κ1) is 14.1. The van der Waals surface area contributed by atoms with E-state index in [1.807, 2.05) is 43.3 Å². The van der Waals surface area contributed by atoms with E-state index in [-0.39, 0.29) is 0 Å². The molecule has 3 rings (SSSR count). The highest BCUT2D eigenvalue weighted by Gasteiger charge is 2.26. The van der Waals surface area contributed by atoms with Gasteiger partial charge in [0.2, 0.25) is 10.0 Å². The van der Waals surface area contributed by atoms with Crippen LogP contribution >= 0.6 is 0 Å². The molecule has 21 heavy (non-hydrogen) atoms. The third-order valence-electron chi connectivity index (χ3n) is 3.70. The van der Waals surface area contributed by atoms with E-state index >= 15 is 0 Å². The molecule has 1 aliphatic heterocycles. The molecule has 0 aromatic heterocycles. The van der Waals surface area contributed by atoms with E-state index in [2.05, 4.69) is 5.32 Å². The van der Waals surface area contributed by atoms with E-state index in [0.717, 1.165) is 16.8 Å². The zero-order valence-electron chi connectivity index (χ0n) is 11.9. The van der Waals surface area contributed by atoms with E-state index in [4.69, 9.17) is 0 Å². The van der Waals surface area contributed by atoms with E-state index in [9.17, 15) is 8.42 Å². The van der Waals surface area contributed by atoms with Crippen molar-refractivity contribution < 1.29 is 8.42 Å². The predicted molar refractivity (Wildman–Crippen MR) is 83.7 cm³/mol. The second-order valence-electron chi connectivity index (χ2n) is 5.24. The van der Waals surface area contributed by atoms with Gasteiger partial charge in [-0.25, -0.2) is 8.42 Å². The van der Waals surface area contributed by atoms with Gasteiger partial charge >= 0.3 is 0 Å². The number of para-hydroxylation sites is 1. The summed E-state index contributed by atoms with van der Waals surface area (Å²) in [6, 6.07) is 14.8. The SMILES string of the molecule is Cc1ccc(S(=O)(=O)N2CCNc3ccccc3C2)cc1. The van der Waals surface area contributed by atoms with Gasteiger partial charge in [0.05, 0.1) is 4.90 Å². The van der Waals surface area contributed by atoms with Crippen LogP contribution in [0.1, 0.15) is 11.1 Å². The van der Waals surface area contributed by atoms with Crippen molar-refractivity contribution in [3.05, 3.63) is 59.7 Å². The highest BCUT2D eigenvalue weighted by Crippen LogP contribution is 2.24. The highest BCUT2D eigenvalue weighted by molar-refractivity contribution is 7.89. The summed E-state index contributed by atoms with van der Waals surface area (Å²) in [6.45, 7) is 3.43. The quantitative estimate of drug-likeness (QED) is 0.927. The monoisotopic (exact) mass is 302 g/mol. The van der Waals surface area contributed by atoms with E-state index in [1.54, 1.807) is 12.1 Å². The van der Waals surface area contributed by atoms with Crippen molar-refractivity contribution in [3.63, 3.8) is 0 Å². The summed E-state index contributed by atoms with van der Waals surface area (Å²) < 4.78 is 27.1. The molecule has 4 nitrogen and oxygen atoms in total. The van der Waals surface area contributed by atoms with Gasteiger partial charge in [0.25, 0.3) is 0 Å². The van der Waals surface area contributed by atoms with Crippen LogP contribution in [0, 0.1) is 6.92 Å². The Labute approximate surface area is 125 Å². The molecule has 5 heteroatoms. The molecular formula is C16H18N2O2S. The van der Waals surface area contributed by atoms with Crippen molar-refractivity contribution in [2.75, 3.05) is 18.4 Å². The van der Waals surface area contributed by atoms with Crippen LogP contribution in [0.25, 0.3) is 0 Å². The Hall–Kier alpha value is -1.85. The summed E-state index contributed by atoms with van der Waals surface area (Å²) in [4.78, 5) is 0.354. The zero-order valence-corrected chi connectivity index (χ0v) is 12.7. The number of sulfonamides is 1. The Morgan fingerprint density at radius 1 is 1.05 bits per heavy atom. The fourth-order valence-electron chi connectivity index (χ4n) is 2.48. The summed E-state index contributed by atoms with van der Waals surface area (Å²) in [6.07, 6.45) is 0. The van der Waals surface area contributed by atoms with Crippen molar-refractivity contribution >= 4 is 15.7 Å². The van der Waals surface area contributed by atoms with Crippen molar-refractivity contribution in [1.82, 2.24) is 4.31 Å². The summed E-state index contributed by atoms with van der Waals surface area (Å²) >= 11 is 0. The standard InChI is InChI=1S/C16H18N2O2S/c1-13-6-8-15(9-7-13)21(19,20)18-11-10-17-16-5-3-2-4-14(16)12-18/h2-9,17H,10-12H2,1H3. The number of rotatable bonds is 2. The molecule has 0 aliphatic carbocycles. The van der Waals surface area contributed by atoms with Gasteiger partial charge in [-0.15, -0.1) is 0 Å². The Morgan fingerprint density at radius 2 is 1.76 bits per heavy atom. The summed E-state index contributed by atoms with van der Waals surface area (Å²) in [5, 5.41) is 3.28. The third kappa shape index (κ3) is 2.80. The molecule has 0 atom stereocenters. The number of nitrogens with zero attached hydrogens (tertiary/aromatic N) is 1. The van der Waals surface area contributed by atoms with Crippen LogP contribution in [0.2, 0.25) is 0 Å². The topological polar surface area (TPSA) is 49.4 Å². The van der Waals surface area contributed by atoms with Gasteiger partial charge in [-0.05, 0) is 30.7 Å². The van der Waals surface area contributed by atoms with E-state index in [0.29, 0.717) is 24.5 Å². The second kappa shape index (κ2) is 5.50. The van der Waals surface area contributed by atoms with Gasteiger partial charge in [0.1, 0.15) is 0 Å². The molecule has 1 aliphatic rings. The van der Waals surface area contributed by atoms with Crippen molar-refractivity contribution in [1.29, 1.82) is 0 Å². The molecule has 0 saturated carbocycles. The molecule has 2 aromatic rings. The van der Waals surface area contributed by atoms with Crippen LogP contribution < -0.4 is 5.32 Å². The van der Waals surface area contributed by atoms with E-state index in [1.165, 1.54) is 4.31 Å². The van der Waals surface area contributed by atoms with Crippen LogP contribution in [-0.2, 0) is 16.6 Å². The Morgan fingerprint density at radius 3 is 2.52 bits per heavy atom. The molecule has 0 fully saturated rings. The normalized spacial score (nSPS) is 15.9. The fraction of sp³-hybridized carbons (Fsp3) is 0.250. The number of fused-ring (bicyclic) bond motifs is 1. The molecule has 1 heterocycles. The lowest BCUT2D eigenvalue weighted by atomic mass is 10.2. The fourth-order valence-corrected chi connectivity index (χ4v) is 3.90. The van der Waals surface area contributed by atoms with Gasteiger partial charge in [0.15, 0.2) is 0 Å². The Kier molecular flexibility index (Phi) is 3.69. The Balaban J connectivity index is 1.94. The summed E-state index contributed by atoms with van der Waals surface area (Å²) in [7, 11) is -3.45. The van der Waals surface area contributed by atoms with Gasteiger partial charge in [-0.2, -0.15) is 4.31 Å². The minimum atomic E-state index is -3.45. The lowest BCUT2D eigenvalue weighted by molar-refractivity contribution is 0.423. The highest BCUT2D eigenvalue weighted by atomic mass is 32.2. The summed E-state index contributed by atoms with van der Waals surface area (Å²) in [5.74, 6) is 0. The zero-order chi connectivity index (χ0) is 14.9. The first-order valence-electron chi connectivity index (χ1n) is 6.96. The number of nitrogens with one attached hydrogen (secondary N) is 1. The molecule has 0 saturated heterocycles. The maximum atomic E-state index is 12.8. The van der Waals surface area contributed by atoms with Crippen molar-refractivity contribution in [3.8, 4) is 0 Å². The summed E-state index contributed by atoms with van der Waals surface area (Å²) in [5.41, 5.74) is 3.07. The first-order valence-corrected chi connectivity index (χ1v) is 8.40. The van der Waals surface area contributed by atoms with Crippen molar-refractivity contribution in [2.24, 2.45) is 0 Å². The second-order valence-corrected chi connectivity index (χ2v) is 7.17. The Bertz CT molecular complexity index is 739. The van der Waals surface area contributed by atoms with Gasteiger partial charge in [-0.3, -0.25) is 0 Å². The van der Waals surface area contributed by atoms with Crippen LogP contribution in [-0.4, -0.2) is 25.8 Å². The molecule has 0 radical (unpaired) electrons. The molecule has 110 valence electrons. The smallest absolute Gasteiger partial charge is 0.243 e. The van der Waals surface area contributed by atoms with Crippen LogP contribution in [0.4, 0.5) is 5.69 Å². The van der Waals surface area contributed by atoms with Gasteiger partial charge in [0, 0.05) is 25.3 Å². The molecule has 0 unspecified atom stereocenters. The van der Waals surface area contributed by atoms with Gasteiger partial charge < -0.3 is 5.32 Å². The van der Waals surface area contributed by atoms with E-state index < -0.39 is 10.0 Å². The minimum absolute atomic E-state index is 0.354. The average Bonchev–Trinajstić information content (AvgIpc) is 2.70.